The summed E-state index contributed by atoms with van der Waals surface area (Å²) in [6, 6.07) is 0. The smallest absolute Gasteiger partial charge is 0.653 e. The summed E-state index contributed by atoms with van der Waals surface area (Å²) in [5.41, 5.74) is 0. The summed E-state index contributed by atoms with van der Waals surface area (Å²) in [7, 11) is 0. The van der Waals surface area contributed by atoms with Gasteiger partial charge in [0.1, 0.15) is 0 Å². The van der Waals surface area contributed by atoms with Gasteiger partial charge in [-0.15, -0.1) is 6.54 Å². The molecule has 1 N–H and O–H groups in total. The Morgan fingerprint density at radius 2 is 2.38 bits per heavy atom. The maximum atomic E-state index is 10.3. The number of piperazine rings is 1. The van der Waals surface area contributed by atoms with E-state index in [9.17, 15) is 4.79 Å². The predicted octanol–water partition coefficient (Wildman–Crippen LogP) is -3.51. The first-order valence-corrected chi connectivity index (χ1v) is 2.29. The predicted molar refractivity (Wildman–Crippen MR) is 26.1 cm³/mol. The van der Waals surface area contributed by atoms with Gasteiger partial charge in [-0.3, -0.25) is 4.79 Å². The van der Waals surface area contributed by atoms with Crippen LogP contribution >= 0.6 is 0 Å². The van der Waals surface area contributed by atoms with E-state index in [0.29, 0.717) is 6.54 Å². The van der Waals surface area contributed by atoms with Gasteiger partial charge in [0, 0.05) is 0 Å². The summed E-state index contributed by atoms with van der Waals surface area (Å²) in [6.07, 6.45) is 0. The Bertz CT molecular complexity index is 78.1. The van der Waals surface area contributed by atoms with Crippen molar-refractivity contribution in [1.82, 2.24) is 5.32 Å². The maximum absolute atomic E-state index is 10.3. The Balaban J connectivity index is 0.000000490. The average Bonchev–Trinajstić information content (AvgIpc) is 1.69. The van der Waals surface area contributed by atoms with E-state index in [1.807, 2.05) is 0 Å². The third-order valence-corrected chi connectivity index (χ3v) is 0.847. The van der Waals surface area contributed by atoms with Crippen molar-refractivity contribution >= 4 is 5.91 Å². The molecule has 0 bridgehead atoms. The molecule has 0 unspecified atom stereocenters. The van der Waals surface area contributed by atoms with Crippen LogP contribution in [0.4, 0.5) is 0 Å². The Morgan fingerprint density at radius 1 is 1.62 bits per heavy atom. The van der Waals surface area contributed by atoms with E-state index in [2.05, 4.69) is 10.6 Å². The van der Waals surface area contributed by atoms with Crippen molar-refractivity contribution in [2.75, 3.05) is 19.6 Å². The van der Waals surface area contributed by atoms with E-state index >= 15 is 0 Å². The number of nitrogens with zero attached hydrogens (tertiary/aromatic N) is 1. The van der Waals surface area contributed by atoms with E-state index in [1.54, 1.807) is 0 Å². The Labute approximate surface area is 91.0 Å². The van der Waals surface area contributed by atoms with Crippen molar-refractivity contribution in [1.29, 1.82) is 0 Å². The van der Waals surface area contributed by atoms with E-state index in [-0.39, 0.29) is 57.3 Å². The number of carbonyl (C=O) groups excluding carboxylic acids is 1. The van der Waals surface area contributed by atoms with Gasteiger partial charge in [-0.25, -0.2) is 0 Å². The molecule has 0 aliphatic carbocycles. The van der Waals surface area contributed by atoms with Gasteiger partial charge in [0.25, 0.3) is 0 Å². The van der Waals surface area contributed by atoms with Crippen molar-refractivity contribution in [3.8, 4) is 0 Å². The molecular weight excluding hydrogens is 131 g/mol. The number of nitrogens with one attached hydrogen (secondary N) is 1. The first-order valence-electron chi connectivity index (χ1n) is 2.29. The molecule has 0 aromatic heterocycles. The zero-order chi connectivity index (χ0) is 5.11. The minimum absolute atomic E-state index is 0. The quantitative estimate of drug-likeness (QED) is 0.347. The summed E-state index contributed by atoms with van der Waals surface area (Å²) < 4.78 is 0. The number of carbonyl (C=O) groups is 1. The van der Waals surface area contributed by atoms with E-state index < -0.39 is 0 Å². The van der Waals surface area contributed by atoms with Crippen molar-refractivity contribution < 1.29 is 56.2 Å². The SMILES string of the molecule is O=C1C[N-]CCN1.[K+]. The van der Waals surface area contributed by atoms with Crippen molar-refractivity contribution in [2.24, 2.45) is 0 Å². The average molecular weight is 138 g/mol. The second kappa shape index (κ2) is 4.90. The molecule has 1 heterocycles. The van der Waals surface area contributed by atoms with Gasteiger partial charge in [0.2, 0.25) is 0 Å². The molecule has 8 heavy (non-hydrogen) atoms. The fraction of sp³-hybridized carbons (Fsp3) is 0.750. The molecule has 1 aliphatic heterocycles. The summed E-state index contributed by atoms with van der Waals surface area (Å²) in [6.45, 7) is 1.87. The Hall–Kier alpha value is 1.07. The van der Waals surface area contributed by atoms with E-state index in [1.165, 1.54) is 0 Å². The summed E-state index contributed by atoms with van der Waals surface area (Å²) in [5, 5.41) is 6.50. The molecule has 0 aromatic rings. The van der Waals surface area contributed by atoms with E-state index in [0.717, 1.165) is 13.1 Å². The van der Waals surface area contributed by atoms with Gasteiger partial charge in [0.05, 0.1) is 0 Å². The van der Waals surface area contributed by atoms with Crippen LogP contribution in [0.15, 0.2) is 0 Å². The second-order valence-corrected chi connectivity index (χ2v) is 1.46. The number of hydrogen-bond acceptors (Lipinski definition) is 1. The molecule has 1 rings (SSSR count). The first-order chi connectivity index (χ1) is 3.39. The molecule has 0 saturated carbocycles. The molecule has 1 saturated heterocycles. The molecule has 1 fully saturated rings. The molecule has 1 aliphatic rings. The molecule has 1 amide bonds. The third-order valence-electron chi connectivity index (χ3n) is 0.847. The Kier molecular flexibility index (Phi) is 5.55. The van der Waals surface area contributed by atoms with Gasteiger partial charge in [-0.1, -0.05) is 6.54 Å². The monoisotopic (exact) mass is 138 g/mol. The third kappa shape index (κ3) is 3.16. The number of amides is 1. The van der Waals surface area contributed by atoms with Gasteiger partial charge in [0.15, 0.2) is 5.91 Å². The number of rotatable bonds is 0. The topological polar surface area (TPSA) is 43.2 Å². The van der Waals surface area contributed by atoms with Gasteiger partial charge < -0.3 is 10.6 Å². The van der Waals surface area contributed by atoms with Crippen LogP contribution < -0.4 is 56.7 Å². The van der Waals surface area contributed by atoms with Crippen molar-refractivity contribution in [3.05, 3.63) is 5.32 Å². The van der Waals surface area contributed by atoms with E-state index in [4.69, 9.17) is 0 Å². The van der Waals surface area contributed by atoms with Crippen LogP contribution in [0.1, 0.15) is 0 Å². The minimum atomic E-state index is 0. The zero-order valence-corrected chi connectivity index (χ0v) is 8.10. The van der Waals surface area contributed by atoms with Gasteiger partial charge >= 0.3 is 51.4 Å². The number of hydrogen-bond donors (Lipinski definition) is 1. The summed E-state index contributed by atoms with van der Waals surface area (Å²) in [4.78, 5) is 10.3. The molecule has 4 heteroatoms. The van der Waals surface area contributed by atoms with Crippen LogP contribution in [0.2, 0.25) is 0 Å². The molecule has 40 valence electrons. The molecule has 0 spiro atoms. The first kappa shape index (κ1) is 9.07. The van der Waals surface area contributed by atoms with Gasteiger partial charge in [-0.2, -0.15) is 0 Å². The van der Waals surface area contributed by atoms with Crippen LogP contribution in [0, 0.1) is 0 Å². The van der Waals surface area contributed by atoms with Crippen LogP contribution in [-0.4, -0.2) is 25.5 Å². The molecular formula is C4H7KN2O. The zero-order valence-electron chi connectivity index (χ0n) is 4.98. The van der Waals surface area contributed by atoms with Crippen LogP contribution in [0.25, 0.3) is 5.32 Å². The molecule has 0 atom stereocenters. The fourth-order valence-corrected chi connectivity index (χ4v) is 0.511. The van der Waals surface area contributed by atoms with Crippen LogP contribution in [0.3, 0.4) is 0 Å². The summed E-state index contributed by atoms with van der Waals surface area (Å²) in [5.74, 6) is 0.0475. The fourth-order valence-electron chi connectivity index (χ4n) is 0.511. The van der Waals surface area contributed by atoms with Crippen LogP contribution in [-0.2, 0) is 4.79 Å². The molecule has 0 radical (unpaired) electrons. The molecule has 0 aromatic carbocycles. The van der Waals surface area contributed by atoms with Gasteiger partial charge in [-0.05, 0) is 6.54 Å². The maximum Gasteiger partial charge on any atom is 1.00 e. The molecule has 3 nitrogen and oxygen atoms in total. The van der Waals surface area contributed by atoms with Crippen molar-refractivity contribution in [3.63, 3.8) is 0 Å². The standard InChI is InChI=1S/C4H7N2O.K/c7-4-3-5-1-2-6-4;/h1-3H2,(H,6,7);/q-1;+1. The summed E-state index contributed by atoms with van der Waals surface area (Å²) >= 11 is 0. The second-order valence-electron chi connectivity index (χ2n) is 1.46. The van der Waals surface area contributed by atoms with Crippen molar-refractivity contribution in [2.45, 2.75) is 0 Å². The largest absolute Gasteiger partial charge is 1.00 e. The normalized spacial score (nSPS) is 18.8. The Morgan fingerprint density at radius 3 is 2.62 bits per heavy atom. The van der Waals surface area contributed by atoms with Crippen LogP contribution in [0.5, 0.6) is 0 Å². The minimum Gasteiger partial charge on any atom is -0.653 e.